The lowest BCUT2D eigenvalue weighted by Gasteiger charge is -2.26. The quantitative estimate of drug-likeness (QED) is 0.704. The molecule has 0 unspecified atom stereocenters. The zero-order chi connectivity index (χ0) is 12.8. The van der Waals surface area contributed by atoms with Gasteiger partial charge < -0.3 is 5.11 Å². The Morgan fingerprint density at radius 2 is 1.44 bits per heavy atom. The van der Waals surface area contributed by atoms with Gasteiger partial charge in [0.25, 0.3) is 0 Å². The van der Waals surface area contributed by atoms with Crippen LogP contribution in [0.25, 0.3) is 0 Å². The van der Waals surface area contributed by atoms with Crippen molar-refractivity contribution in [2.24, 2.45) is 0 Å². The minimum absolute atomic E-state index is 0.800. The molecule has 18 heavy (non-hydrogen) atoms. The molecule has 1 heterocycles. The van der Waals surface area contributed by atoms with E-state index in [1.165, 1.54) is 19.6 Å². The van der Waals surface area contributed by atoms with Gasteiger partial charge in [0.05, 0.1) is 5.60 Å². The molecule has 0 bridgehead atoms. The number of rotatable bonds is 1. The molecule has 2 aromatic carbocycles. The van der Waals surface area contributed by atoms with Gasteiger partial charge in [-0.25, -0.2) is 0 Å². The molecule has 3 rings (SSSR count). The molecule has 1 N–H and O–H groups in total. The first kappa shape index (κ1) is 12.2. The van der Waals surface area contributed by atoms with E-state index in [9.17, 15) is 5.11 Å². The number of aliphatic hydroxyl groups is 1. The summed E-state index contributed by atoms with van der Waals surface area (Å²) >= 11 is 3.54. The Bertz CT molecular complexity index is 600. The summed E-state index contributed by atoms with van der Waals surface area (Å²) in [5, 5.41) is 10.3. The average molecular weight is 274 g/mol. The number of hydrogen-bond donors (Lipinski definition) is 1. The molecule has 0 aliphatic carbocycles. The van der Waals surface area contributed by atoms with Gasteiger partial charge in [-0.15, -0.1) is 0 Å². The highest BCUT2D eigenvalue weighted by molar-refractivity contribution is 8.05. The first-order valence-electron chi connectivity index (χ1n) is 5.86. The minimum atomic E-state index is -0.800. The number of benzene rings is 2. The Kier molecular flexibility index (Phi) is 2.93. The number of hydrogen-bond acceptors (Lipinski definition) is 3. The molecule has 0 fully saturated rings. The molecule has 0 saturated carbocycles. The Morgan fingerprint density at radius 1 is 0.833 bits per heavy atom. The van der Waals surface area contributed by atoms with Crippen molar-refractivity contribution in [3.63, 3.8) is 0 Å². The summed E-state index contributed by atoms with van der Waals surface area (Å²) in [5.41, 5.74) is 0.206. The van der Waals surface area contributed by atoms with Gasteiger partial charge in [0, 0.05) is 19.6 Å². The Balaban J connectivity index is 2.14. The zero-order valence-corrected chi connectivity index (χ0v) is 11.9. The van der Waals surface area contributed by atoms with E-state index in [4.69, 9.17) is 0 Å². The molecule has 2 aromatic rings. The molecule has 0 saturated heterocycles. The van der Waals surface area contributed by atoms with Gasteiger partial charge >= 0.3 is 0 Å². The summed E-state index contributed by atoms with van der Waals surface area (Å²) in [6.07, 6.45) is 0. The van der Waals surface area contributed by atoms with E-state index < -0.39 is 5.60 Å². The van der Waals surface area contributed by atoms with Crippen molar-refractivity contribution >= 4 is 23.5 Å². The predicted octanol–water partition coefficient (Wildman–Crippen LogP) is 4.53. The lowest BCUT2D eigenvalue weighted by atomic mass is 9.98. The molecule has 1 aliphatic rings. The van der Waals surface area contributed by atoms with Crippen LogP contribution in [0, 0.1) is 0 Å². The molecule has 0 aromatic heterocycles. The van der Waals surface area contributed by atoms with Crippen LogP contribution in [0.5, 0.6) is 0 Å². The predicted molar refractivity (Wildman–Crippen MR) is 76.4 cm³/mol. The first-order chi connectivity index (χ1) is 8.55. The van der Waals surface area contributed by atoms with Gasteiger partial charge in [-0.3, -0.25) is 0 Å². The Morgan fingerprint density at radius 3 is 2.11 bits per heavy atom. The highest BCUT2D eigenvalue weighted by Gasteiger charge is 2.26. The fraction of sp³-hybridized carbons (Fsp3) is 0.200. The molecule has 3 heteroatoms. The van der Waals surface area contributed by atoms with Crippen LogP contribution in [0.2, 0.25) is 0 Å². The molecule has 1 aliphatic heterocycles. The van der Waals surface area contributed by atoms with Gasteiger partial charge in [-0.1, -0.05) is 47.8 Å². The van der Waals surface area contributed by atoms with Crippen LogP contribution in [-0.2, 0) is 5.60 Å². The maximum Gasteiger partial charge on any atom is 0.0851 e. The molecule has 0 spiro atoms. The summed E-state index contributed by atoms with van der Waals surface area (Å²) in [7, 11) is 0. The largest absolute Gasteiger partial charge is 0.386 e. The fourth-order valence-electron chi connectivity index (χ4n) is 2.03. The maximum absolute atomic E-state index is 10.3. The monoisotopic (exact) mass is 274 g/mol. The van der Waals surface area contributed by atoms with Crippen LogP contribution in [0.15, 0.2) is 62.0 Å². The lowest BCUT2D eigenvalue weighted by Crippen LogP contribution is -2.17. The van der Waals surface area contributed by atoms with Crippen molar-refractivity contribution in [1.29, 1.82) is 0 Å². The molecule has 1 nitrogen and oxygen atoms in total. The second-order valence-electron chi connectivity index (χ2n) is 4.84. The van der Waals surface area contributed by atoms with E-state index in [0.717, 1.165) is 5.56 Å². The smallest absolute Gasteiger partial charge is 0.0851 e. The van der Waals surface area contributed by atoms with E-state index in [0.29, 0.717) is 0 Å². The van der Waals surface area contributed by atoms with Gasteiger partial charge in [0.1, 0.15) is 0 Å². The molecular formula is C15H14OS2. The van der Waals surface area contributed by atoms with Gasteiger partial charge in [-0.2, -0.15) is 0 Å². The molecule has 92 valence electrons. The summed E-state index contributed by atoms with van der Waals surface area (Å²) < 4.78 is 0. The topological polar surface area (TPSA) is 20.2 Å². The minimum Gasteiger partial charge on any atom is -0.386 e. The lowest BCUT2D eigenvalue weighted by molar-refractivity contribution is 0.0753. The van der Waals surface area contributed by atoms with Crippen LogP contribution in [0.4, 0.5) is 0 Å². The van der Waals surface area contributed by atoms with Crippen LogP contribution >= 0.6 is 23.5 Å². The SMILES string of the molecule is CC(C)(O)c1cccc2c1Sc1ccccc1S2. The standard InChI is InChI=1S/C15H14OS2/c1-15(2,16)10-6-5-9-13-14(10)18-12-8-4-3-7-11(12)17-13/h3-9,16H,1-2H3. The first-order valence-corrected chi connectivity index (χ1v) is 7.49. The highest BCUT2D eigenvalue weighted by atomic mass is 32.2. The van der Waals surface area contributed by atoms with Crippen molar-refractivity contribution < 1.29 is 5.11 Å². The molecular weight excluding hydrogens is 260 g/mol. The van der Waals surface area contributed by atoms with Crippen LogP contribution < -0.4 is 0 Å². The van der Waals surface area contributed by atoms with Crippen molar-refractivity contribution in [3.8, 4) is 0 Å². The maximum atomic E-state index is 10.3. The number of fused-ring (bicyclic) bond motifs is 2. The van der Waals surface area contributed by atoms with Gasteiger partial charge in [-0.05, 0) is 37.6 Å². The summed E-state index contributed by atoms with van der Waals surface area (Å²) in [6, 6.07) is 14.6. The Labute approximate surface area is 116 Å². The normalized spacial score (nSPS) is 13.9. The Hall–Kier alpha value is -0.900. The fourth-order valence-corrected chi connectivity index (χ4v) is 4.56. The third-order valence-electron chi connectivity index (χ3n) is 2.92. The molecule has 0 atom stereocenters. The summed E-state index contributed by atoms with van der Waals surface area (Å²) in [6.45, 7) is 3.68. The van der Waals surface area contributed by atoms with Gasteiger partial charge in [0.2, 0.25) is 0 Å². The summed E-state index contributed by atoms with van der Waals surface area (Å²) in [5.74, 6) is 0. The third kappa shape index (κ3) is 2.07. The van der Waals surface area contributed by atoms with Crippen molar-refractivity contribution in [1.82, 2.24) is 0 Å². The van der Waals surface area contributed by atoms with E-state index in [2.05, 4.69) is 30.3 Å². The molecule has 0 amide bonds. The third-order valence-corrected chi connectivity index (χ3v) is 5.53. The highest BCUT2D eigenvalue weighted by Crippen LogP contribution is 2.50. The molecule has 0 radical (unpaired) electrons. The summed E-state index contributed by atoms with van der Waals surface area (Å²) in [4.78, 5) is 4.99. The second-order valence-corrected chi connectivity index (χ2v) is 6.98. The van der Waals surface area contributed by atoms with Crippen LogP contribution in [-0.4, -0.2) is 5.11 Å². The van der Waals surface area contributed by atoms with E-state index in [1.807, 2.05) is 26.0 Å². The average Bonchev–Trinajstić information content (AvgIpc) is 2.34. The van der Waals surface area contributed by atoms with Gasteiger partial charge in [0.15, 0.2) is 0 Å². The van der Waals surface area contributed by atoms with Crippen molar-refractivity contribution in [3.05, 3.63) is 48.0 Å². The van der Waals surface area contributed by atoms with Crippen molar-refractivity contribution in [2.45, 2.75) is 39.0 Å². The van der Waals surface area contributed by atoms with E-state index in [-0.39, 0.29) is 0 Å². The zero-order valence-electron chi connectivity index (χ0n) is 10.3. The van der Waals surface area contributed by atoms with Crippen LogP contribution in [0.1, 0.15) is 19.4 Å². The second kappa shape index (κ2) is 4.34. The van der Waals surface area contributed by atoms with E-state index >= 15 is 0 Å². The van der Waals surface area contributed by atoms with Crippen molar-refractivity contribution in [2.75, 3.05) is 0 Å². The van der Waals surface area contributed by atoms with E-state index in [1.54, 1.807) is 23.5 Å². The van der Waals surface area contributed by atoms with Crippen LogP contribution in [0.3, 0.4) is 0 Å².